The van der Waals surface area contributed by atoms with Gasteiger partial charge in [0, 0.05) is 12.1 Å². The normalized spacial score (nSPS) is 11.2. The van der Waals surface area contributed by atoms with E-state index >= 15 is 0 Å². The fourth-order valence-corrected chi connectivity index (χ4v) is 1.83. The number of nitrogens with zero attached hydrogens (tertiary/aromatic N) is 3. The second-order valence-corrected chi connectivity index (χ2v) is 5.19. The highest BCUT2D eigenvalue weighted by Gasteiger charge is 2.18. The van der Waals surface area contributed by atoms with E-state index in [1.54, 1.807) is 0 Å². The number of amides is 2. The first-order chi connectivity index (χ1) is 9.34. The smallest absolute Gasteiger partial charge is 0.358 e. The largest absolute Gasteiger partial charge is 0.476 e. The highest BCUT2D eigenvalue weighted by molar-refractivity contribution is 5.84. The first-order valence-corrected chi connectivity index (χ1v) is 6.53. The van der Waals surface area contributed by atoms with Crippen molar-refractivity contribution in [1.82, 2.24) is 25.6 Å². The molecule has 0 saturated carbocycles. The van der Waals surface area contributed by atoms with Gasteiger partial charge in [0.2, 0.25) is 0 Å². The van der Waals surface area contributed by atoms with Crippen molar-refractivity contribution in [2.75, 3.05) is 6.54 Å². The van der Waals surface area contributed by atoms with E-state index in [9.17, 15) is 9.59 Å². The molecule has 0 atom stereocenters. The Kier molecular flexibility index (Phi) is 5.48. The molecule has 0 unspecified atom stereocenters. The van der Waals surface area contributed by atoms with Crippen LogP contribution in [0, 0.1) is 0 Å². The Morgan fingerprint density at radius 3 is 2.70 bits per heavy atom. The average Bonchev–Trinajstić information content (AvgIpc) is 2.76. The number of aromatic nitrogens is 3. The highest BCUT2D eigenvalue weighted by atomic mass is 16.4. The van der Waals surface area contributed by atoms with Crippen LogP contribution in [0.25, 0.3) is 0 Å². The molecule has 8 nitrogen and oxygen atoms in total. The number of hydrogen-bond donors (Lipinski definition) is 3. The summed E-state index contributed by atoms with van der Waals surface area (Å²) < 4.78 is 1.38. The number of urea groups is 1. The Morgan fingerprint density at radius 2 is 2.15 bits per heavy atom. The minimum atomic E-state index is -1.12. The number of carboxylic acids is 1. The molecule has 1 rings (SSSR count). The standard InChI is InChI=1S/C12H21N5O3/c1-4-5-12(2,3)14-11(20)13-6-7-17-8-9(10(18)19)15-16-17/h8H,4-7H2,1-3H3,(H,18,19)(H2,13,14,20). The van der Waals surface area contributed by atoms with Gasteiger partial charge in [-0.05, 0) is 20.3 Å². The molecule has 0 aromatic carbocycles. The fourth-order valence-electron chi connectivity index (χ4n) is 1.83. The molecule has 0 aliphatic heterocycles. The van der Waals surface area contributed by atoms with E-state index in [1.807, 2.05) is 13.8 Å². The van der Waals surface area contributed by atoms with E-state index in [4.69, 9.17) is 5.11 Å². The van der Waals surface area contributed by atoms with Crippen molar-refractivity contribution < 1.29 is 14.7 Å². The lowest BCUT2D eigenvalue weighted by Crippen LogP contribution is -2.48. The summed E-state index contributed by atoms with van der Waals surface area (Å²) in [5.74, 6) is -1.12. The van der Waals surface area contributed by atoms with Crippen molar-refractivity contribution in [1.29, 1.82) is 0 Å². The Hall–Kier alpha value is -2.12. The number of carboxylic acid groups (broad SMARTS) is 1. The molecule has 1 aromatic heterocycles. The van der Waals surface area contributed by atoms with E-state index in [0.717, 1.165) is 12.8 Å². The van der Waals surface area contributed by atoms with Crippen molar-refractivity contribution >= 4 is 12.0 Å². The number of rotatable bonds is 7. The molecular weight excluding hydrogens is 262 g/mol. The molecule has 20 heavy (non-hydrogen) atoms. The maximum absolute atomic E-state index is 11.7. The maximum atomic E-state index is 11.7. The predicted molar refractivity (Wildman–Crippen MR) is 72.5 cm³/mol. The number of carbonyl (C=O) groups excluding carboxylic acids is 1. The van der Waals surface area contributed by atoms with Crippen molar-refractivity contribution in [3.05, 3.63) is 11.9 Å². The molecule has 0 aliphatic carbocycles. The third-order valence-electron chi connectivity index (χ3n) is 2.71. The molecule has 0 spiro atoms. The monoisotopic (exact) mass is 283 g/mol. The Balaban J connectivity index is 2.33. The van der Waals surface area contributed by atoms with Crippen LogP contribution in [0.3, 0.4) is 0 Å². The summed E-state index contributed by atoms with van der Waals surface area (Å²) in [7, 11) is 0. The molecule has 8 heteroatoms. The van der Waals surface area contributed by atoms with Gasteiger partial charge in [0.25, 0.3) is 0 Å². The van der Waals surface area contributed by atoms with E-state index in [-0.39, 0.29) is 17.3 Å². The molecule has 3 N–H and O–H groups in total. The van der Waals surface area contributed by atoms with Gasteiger partial charge in [0.05, 0.1) is 12.7 Å². The van der Waals surface area contributed by atoms with Crippen LogP contribution in [-0.4, -0.2) is 44.2 Å². The molecule has 2 amide bonds. The Bertz CT molecular complexity index is 469. The van der Waals surface area contributed by atoms with Crippen LogP contribution in [0.15, 0.2) is 6.20 Å². The van der Waals surface area contributed by atoms with Gasteiger partial charge in [-0.15, -0.1) is 5.10 Å². The third-order valence-corrected chi connectivity index (χ3v) is 2.71. The van der Waals surface area contributed by atoms with Gasteiger partial charge in [0.1, 0.15) is 0 Å². The van der Waals surface area contributed by atoms with Crippen molar-refractivity contribution in [2.24, 2.45) is 0 Å². The Morgan fingerprint density at radius 1 is 1.45 bits per heavy atom. The molecular formula is C12H21N5O3. The number of nitrogens with one attached hydrogen (secondary N) is 2. The molecule has 1 aromatic rings. The summed E-state index contributed by atoms with van der Waals surface area (Å²) in [4.78, 5) is 22.3. The second-order valence-electron chi connectivity index (χ2n) is 5.19. The number of carbonyl (C=O) groups is 2. The van der Waals surface area contributed by atoms with Crippen molar-refractivity contribution in [2.45, 2.75) is 45.7 Å². The molecule has 1 heterocycles. The summed E-state index contributed by atoms with van der Waals surface area (Å²) in [6.45, 7) is 6.70. The van der Waals surface area contributed by atoms with Gasteiger partial charge in [0.15, 0.2) is 5.69 Å². The SMILES string of the molecule is CCCC(C)(C)NC(=O)NCCn1cc(C(=O)O)nn1. The van der Waals surface area contributed by atoms with E-state index in [1.165, 1.54) is 10.9 Å². The summed E-state index contributed by atoms with van der Waals surface area (Å²) >= 11 is 0. The zero-order valence-corrected chi connectivity index (χ0v) is 12.0. The van der Waals surface area contributed by atoms with Gasteiger partial charge in [-0.25, -0.2) is 14.3 Å². The maximum Gasteiger partial charge on any atom is 0.358 e. The molecule has 0 bridgehead atoms. The quantitative estimate of drug-likeness (QED) is 0.687. The first kappa shape index (κ1) is 15.9. The summed E-state index contributed by atoms with van der Waals surface area (Å²) in [5.41, 5.74) is -0.360. The molecule has 0 aliphatic rings. The topological polar surface area (TPSA) is 109 Å². The number of hydrogen-bond acceptors (Lipinski definition) is 4. The van der Waals surface area contributed by atoms with Gasteiger partial charge in [-0.1, -0.05) is 18.6 Å². The zero-order valence-electron chi connectivity index (χ0n) is 12.0. The zero-order chi connectivity index (χ0) is 15.2. The minimum absolute atomic E-state index is 0.112. The van der Waals surface area contributed by atoms with Gasteiger partial charge >= 0.3 is 12.0 Å². The first-order valence-electron chi connectivity index (χ1n) is 6.53. The summed E-state index contributed by atoms with van der Waals surface area (Å²) in [6.07, 6.45) is 3.21. The van der Waals surface area contributed by atoms with E-state index in [2.05, 4.69) is 27.9 Å². The summed E-state index contributed by atoms with van der Waals surface area (Å²) in [5, 5.41) is 21.4. The van der Waals surface area contributed by atoms with Crippen molar-refractivity contribution in [3.8, 4) is 0 Å². The second kappa shape index (κ2) is 6.88. The lowest BCUT2D eigenvalue weighted by molar-refractivity contribution is 0.0690. The molecule has 0 saturated heterocycles. The molecule has 0 radical (unpaired) electrons. The fraction of sp³-hybridized carbons (Fsp3) is 0.667. The lowest BCUT2D eigenvalue weighted by Gasteiger charge is -2.25. The van der Waals surface area contributed by atoms with Crippen LogP contribution in [0.2, 0.25) is 0 Å². The van der Waals surface area contributed by atoms with Gasteiger partial charge < -0.3 is 15.7 Å². The third kappa shape index (κ3) is 5.25. The summed E-state index contributed by atoms with van der Waals surface area (Å²) in [6, 6.07) is -0.248. The van der Waals surface area contributed by atoms with Crippen LogP contribution in [0.4, 0.5) is 4.79 Å². The number of aromatic carboxylic acids is 1. The van der Waals surface area contributed by atoms with Crippen molar-refractivity contribution in [3.63, 3.8) is 0 Å². The van der Waals surface area contributed by atoms with Gasteiger partial charge in [-0.3, -0.25) is 0 Å². The van der Waals surface area contributed by atoms with E-state index < -0.39 is 5.97 Å². The average molecular weight is 283 g/mol. The van der Waals surface area contributed by atoms with Crippen LogP contribution in [-0.2, 0) is 6.54 Å². The lowest BCUT2D eigenvalue weighted by atomic mass is 9.99. The Labute approximate surface area is 117 Å². The van der Waals surface area contributed by atoms with E-state index in [0.29, 0.717) is 13.1 Å². The molecule has 0 fully saturated rings. The van der Waals surface area contributed by atoms with Crippen LogP contribution >= 0.6 is 0 Å². The van der Waals surface area contributed by atoms with Crippen LogP contribution < -0.4 is 10.6 Å². The van der Waals surface area contributed by atoms with Crippen LogP contribution in [0.5, 0.6) is 0 Å². The van der Waals surface area contributed by atoms with Gasteiger partial charge in [-0.2, -0.15) is 0 Å². The predicted octanol–water partition coefficient (Wildman–Crippen LogP) is 0.854. The van der Waals surface area contributed by atoms with Crippen LogP contribution in [0.1, 0.15) is 44.1 Å². The highest BCUT2D eigenvalue weighted by Crippen LogP contribution is 2.09. The minimum Gasteiger partial charge on any atom is -0.476 e. The molecule has 112 valence electrons.